The number of rotatable bonds is 5. The normalized spacial score (nSPS) is 16.6. The highest BCUT2D eigenvalue weighted by Gasteiger charge is 2.25. The second-order valence-corrected chi connectivity index (χ2v) is 4.62. The predicted molar refractivity (Wildman–Crippen MR) is 65.7 cm³/mol. The van der Waals surface area contributed by atoms with Gasteiger partial charge in [-0.3, -0.25) is 4.79 Å². The van der Waals surface area contributed by atoms with Gasteiger partial charge in [0.1, 0.15) is 0 Å². The van der Waals surface area contributed by atoms with Crippen LogP contribution in [0.2, 0.25) is 0 Å². The van der Waals surface area contributed by atoms with Crippen molar-refractivity contribution >= 4 is 23.1 Å². The van der Waals surface area contributed by atoms with Crippen LogP contribution in [0.4, 0.5) is 0 Å². The fourth-order valence-corrected chi connectivity index (χ4v) is 2.25. The average molecular weight is 228 g/mol. The molecule has 1 rings (SSSR count). The third-order valence-corrected chi connectivity index (χ3v) is 3.19. The second-order valence-electron chi connectivity index (χ2n) is 4.10. The lowest BCUT2D eigenvalue weighted by Crippen LogP contribution is -2.40. The fraction of sp³-hybridized carbons (Fsp3) is 0.818. The Hall–Kier alpha value is -0.640. The molecule has 0 aromatic carbocycles. The van der Waals surface area contributed by atoms with Crippen molar-refractivity contribution in [1.29, 1.82) is 0 Å². The van der Waals surface area contributed by atoms with Crippen LogP contribution < -0.4 is 5.73 Å². The van der Waals surface area contributed by atoms with Crippen molar-refractivity contribution in [2.45, 2.75) is 51.5 Å². The van der Waals surface area contributed by atoms with Crippen molar-refractivity contribution in [2.24, 2.45) is 5.73 Å². The van der Waals surface area contributed by atoms with Gasteiger partial charge in [0.05, 0.1) is 4.99 Å². The Kier molecular flexibility index (Phi) is 5.02. The van der Waals surface area contributed by atoms with Crippen LogP contribution in [0.15, 0.2) is 0 Å². The Labute approximate surface area is 97.0 Å². The maximum absolute atomic E-state index is 11.8. The molecule has 0 unspecified atom stereocenters. The molecule has 1 fully saturated rings. The van der Waals surface area contributed by atoms with Crippen molar-refractivity contribution in [3.8, 4) is 0 Å². The molecular weight excluding hydrogens is 208 g/mol. The van der Waals surface area contributed by atoms with Gasteiger partial charge >= 0.3 is 0 Å². The Morgan fingerprint density at radius 2 is 2.07 bits per heavy atom. The molecule has 0 aromatic rings. The molecule has 1 saturated carbocycles. The Balaban J connectivity index is 2.51. The maximum atomic E-state index is 11.8. The summed E-state index contributed by atoms with van der Waals surface area (Å²) in [5.74, 6) is 0.234. The largest absolute Gasteiger partial charge is 0.393 e. The lowest BCUT2D eigenvalue weighted by atomic mass is 10.2. The van der Waals surface area contributed by atoms with Crippen LogP contribution in [0.1, 0.15) is 45.4 Å². The highest BCUT2D eigenvalue weighted by molar-refractivity contribution is 7.80. The summed E-state index contributed by atoms with van der Waals surface area (Å²) in [6.45, 7) is 2.61. The molecule has 0 atom stereocenters. The summed E-state index contributed by atoms with van der Waals surface area (Å²) in [6, 6.07) is 0.437. The Morgan fingerprint density at radius 3 is 2.53 bits per heavy atom. The molecule has 0 aliphatic heterocycles. The monoisotopic (exact) mass is 228 g/mol. The molecule has 0 radical (unpaired) electrons. The van der Waals surface area contributed by atoms with E-state index < -0.39 is 0 Å². The van der Waals surface area contributed by atoms with Crippen molar-refractivity contribution in [3.63, 3.8) is 0 Å². The standard InChI is InChI=1S/C11H20N2OS/c1-2-11(14)13(8-7-10(12)15)9-5-3-4-6-9/h9H,2-8H2,1H3,(H2,12,15). The van der Waals surface area contributed by atoms with Gasteiger partial charge in [-0.1, -0.05) is 32.0 Å². The number of hydrogen-bond acceptors (Lipinski definition) is 2. The quantitative estimate of drug-likeness (QED) is 0.730. The molecule has 1 amide bonds. The molecule has 4 heteroatoms. The second kappa shape index (κ2) is 6.05. The van der Waals surface area contributed by atoms with Crippen molar-refractivity contribution in [2.75, 3.05) is 6.54 Å². The van der Waals surface area contributed by atoms with Crippen LogP contribution in [0.5, 0.6) is 0 Å². The molecule has 0 bridgehead atoms. The summed E-state index contributed by atoms with van der Waals surface area (Å²) in [5.41, 5.74) is 5.47. The van der Waals surface area contributed by atoms with Crippen LogP contribution >= 0.6 is 12.2 Å². The van der Waals surface area contributed by atoms with E-state index in [1.165, 1.54) is 12.8 Å². The van der Waals surface area contributed by atoms with Crippen LogP contribution in [0, 0.1) is 0 Å². The summed E-state index contributed by atoms with van der Waals surface area (Å²) in [4.78, 5) is 14.2. The minimum absolute atomic E-state index is 0.234. The summed E-state index contributed by atoms with van der Waals surface area (Å²) in [7, 11) is 0. The zero-order chi connectivity index (χ0) is 11.3. The molecule has 1 aliphatic rings. The van der Waals surface area contributed by atoms with Gasteiger partial charge in [-0.2, -0.15) is 0 Å². The number of thiocarbonyl (C=S) groups is 1. The van der Waals surface area contributed by atoms with Crippen molar-refractivity contribution < 1.29 is 4.79 Å². The van der Waals surface area contributed by atoms with E-state index in [1.807, 2.05) is 11.8 Å². The molecule has 0 spiro atoms. The first kappa shape index (κ1) is 12.4. The van der Waals surface area contributed by atoms with Crippen molar-refractivity contribution in [1.82, 2.24) is 4.90 Å². The number of carbonyl (C=O) groups is 1. The Morgan fingerprint density at radius 1 is 1.47 bits per heavy atom. The van der Waals surface area contributed by atoms with E-state index in [1.54, 1.807) is 0 Å². The smallest absolute Gasteiger partial charge is 0.222 e. The molecule has 15 heavy (non-hydrogen) atoms. The molecule has 2 N–H and O–H groups in total. The van der Waals surface area contributed by atoms with Gasteiger partial charge in [-0.05, 0) is 12.8 Å². The third-order valence-electron chi connectivity index (χ3n) is 2.99. The Bertz CT molecular complexity index is 237. The minimum Gasteiger partial charge on any atom is -0.393 e. The number of nitrogens with zero attached hydrogens (tertiary/aromatic N) is 1. The van der Waals surface area contributed by atoms with Crippen LogP contribution in [-0.2, 0) is 4.79 Å². The molecule has 0 aromatic heterocycles. The highest BCUT2D eigenvalue weighted by Crippen LogP contribution is 2.24. The molecule has 1 aliphatic carbocycles. The zero-order valence-electron chi connectivity index (χ0n) is 9.37. The molecule has 0 saturated heterocycles. The lowest BCUT2D eigenvalue weighted by molar-refractivity contribution is -0.133. The van der Waals surface area contributed by atoms with Crippen LogP contribution in [0.25, 0.3) is 0 Å². The third kappa shape index (κ3) is 3.78. The SMILES string of the molecule is CCC(=O)N(CCC(N)=S)C1CCCC1. The first-order valence-electron chi connectivity index (χ1n) is 5.73. The van der Waals surface area contributed by atoms with E-state index in [-0.39, 0.29) is 5.91 Å². The predicted octanol–water partition coefficient (Wildman–Crippen LogP) is 1.84. The van der Waals surface area contributed by atoms with Gasteiger partial charge in [-0.15, -0.1) is 0 Å². The fourth-order valence-electron chi connectivity index (χ4n) is 2.16. The van der Waals surface area contributed by atoms with Crippen molar-refractivity contribution in [3.05, 3.63) is 0 Å². The van der Waals surface area contributed by atoms with E-state index in [4.69, 9.17) is 18.0 Å². The number of nitrogens with two attached hydrogens (primary N) is 1. The molecule has 86 valence electrons. The summed E-state index contributed by atoms with van der Waals surface area (Å²) < 4.78 is 0. The lowest BCUT2D eigenvalue weighted by Gasteiger charge is -2.28. The van der Waals surface area contributed by atoms with Crippen LogP contribution in [0.3, 0.4) is 0 Å². The first-order chi connectivity index (χ1) is 7.15. The average Bonchev–Trinajstić information content (AvgIpc) is 2.70. The maximum Gasteiger partial charge on any atom is 0.222 e. The molecule has 0 heterocycles. The van der Waals surface area contributed by atoms with Gasteiger partial charge in [0.2, 0.25) is 5.91 Å². The van der Waals surface area contributed by atoms with Gasteiger partial charge in [0.15, 0.2) is 0 Å². The van der Waals surface area contributed by atoms with E-state index in [9.17, 15) is 4.79 Å². The number of carbonyl (C=O) groups excluding carboxylic acids is 1. The highest BCUT2D eigenvalue weighted by atomic mass is 32.1. The minimum atomic E-state index is 0.234. The summed E-state index contributed by atoms with van der Waals surface area (Å²) in [5, 5.41) is 0. The van der Waals surface area contributed by atoms with Gasteiger partial charge < -0.3 is 10.6 Å². The summed E-state index contributed by atoms with van der Waals surface area (Å²) in [6.07, 6.45) is 5.99. The molecule has 3 nitrogen and oxygen atoms in total. The van der Waals surface area contributed by atoms with E-state index in [0.717, 1.165) is 12.8 Å². The van der Waals surface area contributed by atoms with E-state index >= 15 is 0 Å². The van der Waals surface area contributed by atoms with Gasteiger partial charge in [0.25, 0.3) is 0 Å². The number of hydrogen-bond donors (Lipinski definition) is 1. The van der Waals surface area contributed by atoms with E-state index in [0.29, 0.717) is 30.4 Å². The summed E-state index contributed by atoms with van der Waals surface area (Å²) >= 11 is 4.85. The van der Waals surface area contributed by atoms with E-state index in [2.05, 4.69) is 0 Å². The first-order valence-corrected chi connectivity index (χ1v) is 6.13. The topological polar surface area (TPSA) is 46.3 Å². The number of amides is 1. The zero-order valence-corrected chi connectivity index (χ0v) is 10.2. The van der Waals surface area contributed by atoms with Crippen LogP contribution in [-0.4, -0.2) is 28.4 Å². The molecular formula is C11H20N2OS. The van der Waals surface area contributed by atoms with Gasteiger partial charge in [0, 0.05) is 25.4 Å². The van der Waals surface area contributed by atoms with Gasteiger partial charge in [-0.25, -0.2) is 0 Å².